The number of carbonyl (C=O) groups excluding carboxylic acids is 1. The molecular weight excluding hydrogens is 481 g/mol. The summed E-state index contributed by atoms with van der Waals surface area (Å²) in [7, 11) is 2.94. The Hall–Kier alpha value is -4.73. The second-order valence-corrected chi connectivity index (χ2v) is 8.18. The highest BCUT2D eigenvalue weighted by molar-refractivity contribution is 6.07. The molecule has 0 fully saturated rings. The van der Waals surface area contributed by atoms with Crippen LogP contribution >= 0.6 is 0 Å². The number of fused-ring (bicyclic) bond motifs is 1. The van der Waals surface area contributed by atoms with Gasteiger partial charge in [-0.15, -0.1) is 0 Å². The normalized spacial score (nSPS) is 13.4. The fraction of sp³-hybridized carbons (Fsp3) is 0.185. The molecule has 1 heterocycles. The van der Waals surface area contributed by atoms with E-state index in [2.05, 4.69) is 16.0 Å². The maximum Gasteiger partial charge on any atom is 0.322 e. The van der Waals surface area contributed by atoms with E-state index in [4.69, 9.17) is 19.0 Å². The molecule has 2 amide bonds. The van der Waals surface area contributed by atoms with Gasteiger partial charge in [-0.25, -0.2) is 9.18 Å². The van der Waals surface area contributed by atoms with Gasteiger partial charge in [0, 0.05) is 5.56 Å². The molecule has 4 rings (SSSR count). The highest BCUT2D eigenvalue weighted by Crippen LogP contribution is 2.43. The molecule has 0 saturated carbocycles. The number of carboxylic acid groups (broad SMARTS) is 1. The van der Waals surface area contributed by atoms with Crippen LogP contribution in [0.15, 0.2) is 58.7 Å². The number of anilines is 1. The Kier molecular flexibility index (Phi) is 7.47. The largest absolute Gasteiger partial charge is 0.494 e. The van der Waals surface area contributed by atoms with Gasteiger partial charge in [0.25, 0.3) is 0 Å². The molecular formula is C27H26FN3O6. The number of aliphatic carboxylic acids is 1. The lowest BCUT2D eigenvalue weighted by atomic mass is 10.00. The number of allylic oxidation sites excluding steroid dienone is 2. The van der Waals surface area contributed by atoms with Crippen molar-refractivity contribution >= 4 is 35.0 Å². The zero-order valence-electron chi connectivity index (χ0n) is 20.5. The summed E-state index contributed by atoms with van der Waals surface area (Å²) in [5, 5.41) is 17.4. The molecule has 0 radical (unpaired) electrons. The lowest BCUT2D eigenvalue weighted by Gasteiger charge is -2.15. The van der Waals surface area contributed by atoms with Crippen molar-refractivity contribution < 1.29 is 33.0 Å². The molecule has 0 aliphatic heterocycles. The van der Waals surface area contributed by atoms with Crippen LogP contribution in [0.4, 0.5) is 14.9 Å². The average Bonchev–Trinajstić information content (AvgIpc) is 3.48. The number of halogens is 1. The van der Waals surface area contributed by atoms with Crippen molar-refractivity contribution in [3.05, 3.63) is 82.6 Å². The van der Waals surface area contributed by atoms with E-state index in [-0.39, 0.29) is 13.1 Å². The van der Waals surface area contributed by atoms with Gasteiger partial charge in [0.1, 0.15) is 35.3 Å². The Balaban J connectivity index is 1.69. The third-order valence-electron chi connectivity index (χ3n) is 5.82. The molecule has 0 spiro atoms. The highest BCUT2D eigenvalue weighted by atomic mass is 19.1. The summed E-state index contributed by atoms with van der Waals surface area (Å²) in [4.78, 5) is 23.6. The van der Waals surface area contributed by atoms with E-state index in [1.807, 2.05) is 13.0 Å². The fourth-order valence-corrected chi connectivity index (χ4v) is 4.10. The summed E-state index contributed by atoms with van der Waals surface area (Å²) >= 11 is 0. The van der Waals surface area contributed by atoms with E-state index in [1.54, 1.807) is 30.3 Å². The van der Waals surface area contributed by atoms with Gasteiger partial charge in [-0.1, -0.05) is 6.07 Å². The van der Waals surface area contributed by atoms with Crippen molar-refractivity contribution in [2.45, 2.75) is 13.5 Å². The van der Waals surface area contributed by atoms with Crippen molar-refractivity contribution in [1.82, 2.24) is 10.6 Å². The van der Waals surface area contributed by atoms with E-state index in [0.717, 1.165) is 16.7 Å². The molecule has 0 bridgehead atoms. The molecule has 2 aromatic carbocycles. The fourth-order valence-electron chi connectivity index (χ4n) is 4.10. The Bertz CT molecular complexity index is 1370. The predicted octanol–water partition coefficient (Wildman–Crippen LogP) is 4.72. The molecule has 1 aliphatic rings. The maximum atomic E-state index is 14.2. The number of nitrogens with one attached hydrogen (secondary N) is 3. The standard InChI is InChI=1S/C27H26FN3O6/c1-15-20(9-16-10-22(35-2)26(23(11-16)36-3)29-14-24(32)33)19-7-6-17(28)12-21(19)25(15)31-27(34)30-13-18-5-4-8-37-18/h4-12,29H,13-14H2,1-3H3,(H,32,33)(H2,30,31,34). The molecule has 4 N–H and O–H groups in total. The second-order valence-electron chi connectivity index (χ2n) is 8.18. The van der Waals surface area contributed by atoms with E-state index in [0.29, 0.717) is 39.8 Å². The first-order valence-corrected chi connectivity index (χ1v) is 11.3. The van der Waals surface area contributed by atoms with E-state index in [1.165, 1.54) is 32.6 Å². The number of carbonyl (C=O) groups is 2. The molecule has 1 aromatic heterocycles. The van der Waals surface area contributed by atoms with Crippen molar-refractivity contribution in [2.75, 3.05) is 26.1 Å². The number of hydrogen-bond acceptors (Lipinski definition) is 6. The molecule has 1 aliphatic carbocycles. The minimum absolute atomic E-state index is 0.200. The third kappa shape index (κ3) is 5.58. The maximum absolute atomic E-state index is 14.2. The SMILES string of the molecule is COc1cc(C=C2C(C)=C(NC(=O)NCc3ccco3)c3cc(F)ccc32)cc(OC)c1NCC(=O)O. The summed E-state index contributed by atoms with van der Waals surface area (Å²) in [5.41, 5.74) is 4.39. The number of methoxy groups -OCH3 is 2. The van der Waals surface area contributed by atoms with Crippen LogP contribution in [0.1, 0.15) is 29.4 Å². The van der Waals surface area contributed by atoms with Crippen LogP contribution in [-0.2, 0) is 11.3 Å². The Morgan fingerprint density at radius 3 is 2.43 bits per heavy atom. The average molecular weight is 508 g/mol. The lowest BCUT2D eigenvalue weighted by Crippen LogP contribution is -2.33. The number of hydrogen-bond donors (Lipinski definition) is 4. The molecule has 10 heteroatoms. The Morgan fingerprint density at radius 2 is 1.81 bits per heavy atom. The van der Waals surface area contributed by atoms with Crippen LogP contribution in [0.2, 0.25) is 0 Å². The summed E-state index contributed by atoms with van der Waals surface area (Å²) < 4.78 is 30.4. The third-order valence-corrected chi connectivity index (χ3v) is 5.82. The quantitative estimate of drug-likeness (QED) is 0.331. The van der Waals surface area contributed by atoms with Crippen molar-refractivity contribution in [1.29, 1.82) is 0 Å². The molecule has 0 unspecified atom stereocenters. The Labute approximate surface area is 212 Å². The van der Waals surface area contributed by atoms with E-state index >= 15 is 0 Å². The number of amides is 2. The van der Waals surface area contributed by atoms with Crippen LogP contribution in [-0.4, -0.2) is 37.9 Å². The summed E-state index contributed by atoms with van der Waals surface area (Å²) in [6.45, 7) is 1.72. The van der Waals surface area contributed by atoms with Gasteiger partial charge in [0.05, 0.1) is 32.7 Å². The number of benzene rings is 2. The molecule has 37 heavy (non-hydrogen) atoms. The summed E-state index contributed by atoms with van der Waals surface area (Å²) in [5.74, 6) is -0.0769. The molecule has 192 valence electrons. The first kappa shape index (κ1) is 25.4. The molecule has 0 saturated heterocycles. The van der Waals surface area contributed by atoms with Gasteiger partial charge < -0.3 is 34.9 Å². The van der Waals surface area contributed by atoms with Gasteiger partial charge in [0.2, 0.25) is 0 Å². The zero-order chi connectivity index (χ0) is 26.5. The van der Waals surface area contributed by atoms with Gasteiger partial charge in [-0.05, 0) is 71.7 Å². The van der Waals surface area contributed by atoms with Crippen LogP contribution in [0.25, 0.3) is 17.3 Å². The van der Waals surface area contributed by atoms with Crippen LogP contribution in [0.5, 0.6) is 11.5 Å². The van der Waals surface area contributed by atoms with Gasteiger partial charge in [-0.3, -0.25) is 4.79 Å². The molecule has 3 aromatic rings. The summed E-state index contributed by atoms with van der Waals surface area (Å²) in [6, 6.07) is 10.9. The first-order valence-electron chi connectivity index (χ1n) is 11.3. The molecule has 0 atom stereocenters. The van der Waals surface area contributed by atoms with Crippen molar-refractivity contribution in [2.24, 2.45) is 0 Å². The number of ether oxygens (including phenoxy) is 2. The van der Waals surface area contributed by atoms with Gasteiger partial charge >= 0.3 is 12.0 Å². The van der Waals surface area contributed by atoms with Gasteiger partial charge in [0.15, 0.2) is 0 Å². The minimum atomic E-state index is -1.03. The monoisotopic (exact) mass is 507 g/mol. The topological polar surface area (TPSA) is 122 Å². The number of rotatable bonds is 9. The van der Waals surface area contributed by atoms with Crippen LogP contribution in [0.3, 0.4) is 0 Å². The smallest absolute Gasteiger partial charge is 0.322 e. The molecule has 9 nitrogen and oxygen atoms in total. The van der Waals surface area contributed by atoms with Crippen LogP contribution < -0.4 is 25.4 Å². The highest BCUT2D eigenvalue weighted by Gasteiger charge is 2.26. The second kappa shape index (κ2) is 10.9. The number of carboxylic acids is 1. The van der Waals surface area contributed by atoms with Crippen molar-refractivity contribution in [3.8, 4) is 11.5 Å². The van der Waals surface area contributed by atoms with Gasteiger partial charge in [-0.2, -0.15) is 0 Å². The minimum Gasteiger partial charge on any atom is -0.494 e. The number of furan rings is 1. The van der Waals surface area contributed by atoms with Crippen molar-refractivity contribution in [3.63, 3.8) is 0 Å². The Morgan fingerprint density at radius 1 is 1.08 bits per heavy atom. The summed E-state index contributed by atoms with van der Waals surface area (Å²) in [6.07, 6.45) is 3.39. The van der Waals surface area contributed by atoms with E-state index in [9.17, 15) is 14.0 Å². The zero-order valence-corrected chi connectivity index (χ0v) is 20.5. The van der Waals surface area contributed by atoms with Crippen LogP contribution in [0, 0.1) is 5.82 Å². The number of urea groups is 1. The predicted molar refractivity (Wildman–Crippen MR) is 137 cm³/mol. The lowest BCUT2D eigenvalue weighted by molar-refractivity contribution is -0.134. The first-order chi connectivity index (χ1) is 17.8. The van der Waals surface area contributed by atoms with E-state index < -0.39 is 17.8 Å².